The van der Waals surface area contributed by atoms with Crippen LogP contribution in [-0.2, 0) is 32.2 Å². The summed E-state index contributed by atoms with van der Waals surface area (Å²) in [4.78, 5) is 25.1. The maximum Gasteiger partial charge on any atom is 0.412 e. The number of imidazole rings is 1. The Labute approximate surface area is 220 Å². The topological polar surface area (TPSA) is 110 Å². The summed E-state index contributed by atoms with van der Waals surface area (Å²) in [6, 6.07) is 20.1. The number of ether oxygens (including phenoxy) is 4. The van der Waals surface area contributed by atoms with Crippen LogP contribution in [-0.4, -0.2) is 51.0 Å². The van der Waals surface area contributed by atoms with E-state index in [1.54, 1.807) is 13.3 Å². The highest BCUT2D eigenvalue weighted by Gasteiger charge is 2.42. The summed E-state index contributed by atoms with van der Waals surface area (Å²) in [5.74, 6) is 0.344. The van der Waals surface area contributed by atoms with Crippen LogP contribution in [0.3, 0.4) is 0 Å². The molecule has 2 aromatic carbocycles. The van der Waals surface area contributed by atoms with Crippen LogP contribution in [0, 0.1) is 5.92 Å². The molecule has 10 heteroatoms. The fraction of sp³-hybridized carbons (Fsp3) is 0.357. The van der Waals surface area contributed by atoms with Crippen molar-refractivity contribution >= 4 is 23.1 Å². The largest absolute Gasteiger partial charge is 0.450 e. The minimum Gasteiger partial charge on any atom is -0.450 e. The van der Waals surface area contributed by atoms with Crippen LogP contribution in [0.1, 0.15) is 31.2 Å². The van der Waals surface area contributed by atoms with Gasteiger partial charge in [0.1, 0.15) is 12.4 Å². The van der Waals surface area contributed by atoms with Crippen LogP contribution >= 0.6 is 0 Å². The summed E-state index contributed by atoms with van der Waals surface area (Å²) in [6.45, 7) is 5.38. The predicted octanol–water partition coefficient (Wildman–Crippen LogP) is 4.73. The van der Waals surface area contributed by atoms with Crippen molar-refractivity contribution in [2.24, 2.45) is 5.92 Å². The van der Waals surface area contributed by atoms with Gasteiger partial charge in [-0.3, -0.25) is 9.88 Å². The van der Waals surface area contributed by atoms with Gasteiger partial charge in [0.15, 0.2) is 23.2 Å². The summed E-state index contributed by atoms with van der Waals surface area (Å²) in [5, 5.41) is 2.63. The van der Waals surface area contributed by atoms with Crippen molar-refractivity contribution < 1.29 is 23.7 Å². The molecular weight excluding hydrogens is 486 g/mol. The first-order valence-electron chi connectivity index (χ1n) is 12.7. The lowest BCUT2D eigenvalue weighted by atomic mass is 9.95. The number of carbonyl (C=O) groups excluding carboxylic acids is 1. The minimum atomic E-state index is -0.608. The van der Waals surface area contributed by atoms with E-state index in [4.69, 9.17) is 18.9 Å². The predicted molar refractivity (Wildman–Crippen MR) is 140 cm³/mol. The maximum atomic E-state index is 12.0. The molecule has 4 aromatic rings. The highest BCUT2D eigenvalue weighted by atomic mass is 16.6. The van der Waals surface area contributed by atoms with Gasteiger partial charge in [0.2, 0.25) is 0 Å². The van der Waals surface area contributed by atoms with Gasteiger partial charge < -0.3 is 18.9 Å². The Morgan fingerprint density at radius 2 is 1.63 bits per heavy atom. The molecule has 2 aromatic heterocycles. The number of aromatic nitrogens is 4. The van der Waals surface area contributed by atoms with E-state index in [9.17, 15) is 4.79 Å². The number of benzene rings is 2. The Hall–Kier alpha value is -3.86. The lowest BCUT2D eigenvalue weighted by Gasteiger charge is -2.41. The Morgan fingerprint density at radius 3 is 2.29 bits per heavy atom. The molecule has 1 aliphatic heterocycles. The first-order chi connectivity index (χ1) is 18.6. The molecule has 4 atom stereocenters. The Morgan fingerprint density at radius 1 is 0.974 bits per heavy atom. The molecule has 0 radical (unpaired) electrons. The van der Waals surface area contributed by atoms with Gasteiger partial charge in [-0.15, -0.1) is 0 Å². The van der Waals surface area contributed by atoms with E-state index in [0.29, 0.717) is 31.0 Å². The van der Waals surface area contributed by atoms with Gasteiger partial charge in [-0.1, -0.05) is 67.6 Å². The number of rotatable bonds is 9. The monoisotopic (exact) mass is 517 g/mol. The second-order valence-electron chi connectivity index (χ2n) is 9.12. The van der Waals surface area contributed by atoms with Crippen molar-refractivity contribution in [3.05, 3.63) is 84.4 Å². The number of hydrogen-bond donors (Lipinski definition) is 1. The van der Waals surface area contributed by atoms with Gasteiger partial charge in [-0.25, -0.2) is 19.7 Å². The normalized spacial score (nSPS) is 21.3. The molecule has 198 valence electrons. The fourth-order valence-electron chi connectivity index (χ4n) is 4.53. The zero-order valence-electron chi connectivity index (χ0n) is 21.4. The van der Waals surface area contributed by atoms with Crippen LogP contribution in [0.25, 0.3) is 11.2 Å². The second-order valence-corrected chi connectivity index (χ2v) is 9.12. The van der Waals surface area contributed by atoms with E-state index in [1.807, 2.05) is 65.2 Å². The van der Waals surface area contributed by atoms with E-state index in [1.165, 1.54) is 6.33 Å². The Kier molecular flexibility index (Phi) is 8.22. The van der Waals surface area contributed by atoms with E-state index in [-0.39, 0.29) is 24.4 Å². The summed E-state index contributed by atoms with van der Waals surface area (Å²) in [6.07, 6.45) is 1.11. The number of nitrogens with one attached hydrogen (secondary N) is 1. The second kappa shape index (κ2) is 12.1. The smallest absolute Gasteiger partial charge is 0.412 e. The van der Waals surface area contributed by atoms with Crippen molar-refractivity contribution in [1.29, 1.82) is 0 Å². The van der Waals surface area contributed by atoms with Gasteiger partial charge in [-0.2, -0.15) is 0 Å². The van der Waals surface area contributed by atoms with Crippen molar-refractivity contribution in [3.8, 4) is 0 Å². The fourth-order valence-corrected chi connectivity index (χ4v) is 4.53. The number of carbonyl (C=O) groups is 1. The van der Waals surface area contributed by atoms with Crippen molar-refractivity contribution in [2.45, 2.75) is 45.5 Å². The van der Waals surface area contributed by atoms with Crippen LogP contribution in [0.5, 0.6) is 0 Å². The Balaban J connectivity index is 1.45. The van der Waals surface area contributed by atoms with Gasteiger partial charge in [0.25, 0.3) is 0 Å². The number of nitrogens with zero attached hydrogens (tertiary/aromatic N) is 4. The SMILES string of the molecule is CCOC(=O)Nc1ncnc2c1ncn2[C@@H]1OC[C@@H](C)[C@H](OCc2ccccc2)C1OCc1ccccc1. The number of amides is 1. The number of anilines is 1. The van der Waals surface area contributed by atoms with E-state index in [2.05, 4.69) is 27.2 Å². The third-order valence-corrected chi connectivity index (χ3v) is 6.39. The summed E-state index contributed by atoms with van der Waals surface area (Å²) in [5.41, 5.74) is 3.05. The van der Waals surface area contributed by atoms with Gasteiger partial charge in [0.05, 0.1) is 38.9 Å². The first kappa shape index (κ1) is 25.8. The van der Waals surface area contributed by atoms with Crippen LogP contribution in [0.15, 0.2) is 73.3 Å². The molecule has 0 saturated carbocycles. The molecule has 3 heterocycles. The first-order valence-corrected chi connectivity index (χ1v) is 12.7. The zero-order valence-corrected chi connectivity index (χ0v) is 21.4. The molecule has 1 amide bonds. The van der Waals surface area contributed by atoms with E-state index < -0.39 is 18.4 Å². The molecule has 1 unspecified atom stereocenters. The molecule has 1 fully saturated rings. The summed E-state index contributed by atoms with van der Waals surface area (Å²) >= 11 is 0. The standard InChI is InChI=1S/C28H31N5O5/c1-3-35-28(34)32-25-22-26(30-17-29-25)33(18-31-22)27-24(37-16-21-12-8-5-9-13-21)23(19(2)14-38-27)36-15-20-10-6-4-7-11-20/h4-13,17-19,23-24,27H,3,14-16H2,1-2H3,(H,29,30,32,34)/t19-,23+,24?,27-/m1/s1. The highest BCUT2D eigenvalue weighted by molar-refractivity contribution is 5.93. The van der Waals surface area contributed by atoms with Gasteiger partial charge in [-0.05, 0) is 18.1 Å². The number of fused-ring (bicyclic) bond motifs is 1. The molecule has 1 aliphatic rings. The highest BCUT2D eigenvalue weighted by Crippen LogP contribution is 2.35. The van der Waals surface area contributed by atoms with Crippen molar-refractivity contribution in [2.75, 3.05) is 18.5 Å². The summed E-state index contributed by atoms with van der Waals surface area (Å²) < 4.78 is 26.1. The van der Waals surface area contributed by atoms with Crippen LogP contribution in [0.4, 0.5) is 10.6 Å². The minimum absolute atomic E-state index is 0.0844. The average molecular weight is 518 g/mol. The van der Waals surface area contributed by atoms with Crippen LogP contribution in [0.2, 0.25) is 0 Å². The van der Waals surface area contributed by atoms with Gasteiger partial charge >= 0.3 is 6.09 Å². The summed E-state index contributed by atoms with van der Waals surface area (Å²) in [7, 11) is 0. The van der Waals surface area contributed by atoms with E-state index in [0.717, 1.165) is 11.1 Å². The molecule has 0 aliphatic carbocycles. The van der Waals surface area contributed by atoms with E-state index >= 15 is 0 Å². The lowest BCUT2D eigenvalue weighted by Crippen LogP contribution is -2.49. The molecule has 1 N–H and O–H groups in total. The Bertz CT molecular complexity index is 1330. The number of hydrogen-bond acceptors (Lipinski definition) is 8. The van der Waals surface area contributed by atoms with Crippen LogP contribution < -0.4 is 5.32 Å². The zero-order chi connectivity index (χ0) is 26.3. The lowest BCUT2D eigenvalue weighted by molar-refractivity contribution is -0.226. The quantitative estimate of drug-likeness (QED) is 0.339. The maximum absolute atomic E-state index is 12.0. The molecule has 5 rings (SSSR count). The third kappa shape index (κ3) is 5.83. The molecular formula is C28H31N5O5. The van der Waals surface area contributed by atoms with Gasteiger partial charge in [0, 0.05) is 5.92 Å². The molecule has 38 heavy (non-hydrogen) atoms. The third-order valence-electron chi connectivity index (χ3n) is 6.39. The molecule has 1 saturated heterocycles. The molecule has 0 spiro atoms. The average Bonchev–Trinajstić information content (AvgIpc) is 3.38. The van der Waals surface area contributed by atoms with Crippen molar-refractivity contribution in [1.82, 2.24) is 19.5 Å². The molecule has 0 bridgehead atoms. The van der Waals surface area contributed by atoms with Crippen molar-refractivity contribution in [3.63, 3.8) is 0 Å². The molecule has 10 nitrogen and oxygen atoms in total.